The molecule has 0 spiro atoms. The molecule has 0 saturated heterocycles. The fraction of sp³-hybridized carbons (Fsp3) is 0.188. The Morgan fingerprint density at radius 2 is 2.20 bits per heavy atom. The number of hydrogen-bond donors (Lipinski definition) is 2. The highest BCUT2D eigenvalue weighted by Gasteiger charge is 2.23. The van der Waals surface area contributed by atoms with Crippen molar-refractivity contribution >= 4 is 11.0 Å². The maximum atomic E-state index is 5.69. The summed E-state index contributed by atoms with van der Waals surface area (Å²) in [6, 6.07) is 12.5. The summed E-state index contributed by atoms with van der Waals surface area (Å²) < 4.78 is 5.69. The monoisotopic (exact) mass is 265 g/mol. The van der Waals surface area contributed by atoms with Gasteiger partial charge in [0.2, 0.25) is 0 Å². The van der Waals surface area contributed by atoms with E-state index in [1.54, 1.807) is 6.20 Å². The van der Waals surface area contributed by atoms with E-state index in [-0.39, 0.29) is 6.04 Å². The first-order valence-electron chi connectivity index (χ1n) is 6.78. The third kappa shape index (κ3) is 1.85. The summed E-state index contributed by atoms with van der Waals surface area (Å²) >= 11 is 0. The maximum Gasteiger partial charge on any atom is 0.137 e. The first-order valence-corrected chi connectivity index (χ1v) is 6.78. The minimum absolute atomic E-state index is 0.257. The van der Waals surface area contributed by atoms with E-state index in [1.165, 1.54) is 16.5 Å². The Labute approximate surface area is 116 Å². The zero-order valence-electron chi connectivity index (χ0n) is 11.0. The number of nitrogens with zero attached hydrogens (tertiary/aromatic N) is 1. The van der Waals surface area contributed by atoms with Gasteiger partial charge in [-0.05, 0) is 23.8 Å². The number of para-hydroxylation sites is 1. The number of hydrogen-bond acceptors (Lipinski definition) is 3. The molecule has 4 rings (SSSR count). The van der Waals surface area contributed by atoms with Gasteiger partial charge >= 0.3 is 0 Å². The third-order valence-corrected chi connectivity index (χ3v) is 3.78. The zero-order valence-corrected chi connectivity index (χ0v) is 11.0. The molecule has 1 aliphatic rings. The van der Waals surface area contributed by atoms with Gasteiger partial charge in [0.25, 0.3) is 0 Å². The van der Waals surface area contributed by atoms with Gasteiger partial charge in [-0.2, -0.15) is 0 Å². The van der Waals surface area contributed by atoms with Crippen LogP contribution in [0.5, 0.6) is 5.75 Å². The van der Waals surface area contributed by atoms with Crippen LogP contribution >= 0.6 is 0 Å². The predicted molar refractivity (Wildman–Crippen MR) is 77.6 cm³/mol. The third-order valence-electron chi connectivity index (χ3n) is 3.78. The topological polar surface area (TPSA) is 49.9 Å². The summed E-state index contributed by atoms with van der Waals surface area (Å²) in [6.45, 7) is 1.49. The average Bonchev–Trinajstić information content (AvgIpc) is 3.09. The molecule has 0 aliphatic carbocycles. The smallest absolute Gasteiger partial charge is 0.137 e. The summed E-state index contributed by atoms with van der Waals surface area (Å²) in [4.78, 5) is 7.51. The molecule has 2 N–H and O–H groups in total. The van der Waals surface area contributed by atoms with Crippen LogP contribution in [0.1, 0.15) is 17.2 Å². The standard InChI is InChI=1S/C16H15N3O/c1-2-6-15-13(4-1)14(10-20-15)18-8-11-9-19-16-12(11)5-3-7-17-16/h1-7,9,14,18H,8,10H2,(H,17,19). The maximum absolute atomic E-state index is 5.69. The van der Waals surface area contributed by atoms with Crippen LogP contribution in [0.25, 0.3) is 11.0 Å². The van der Waals surface area contributed by atoms with Gasteiger partial charge in [-0.1, -0.05) is 18.2 Å². The van der Waals surface area contributed by atoms with E-state index in [0.717, 1.165) is 17.9 Å². The molecule has 1 unspecified atom stereocenters. The SMILES string of the molecule is c1ccc2c(c1)OCC2NCc1c[nH]c2ncccc12. The van der Waals surface area contributed by atoms with Crippen molar-refractivity contribution in [2.45, 2.75) is 12.6 Å². The summed E-state index contributed by atoms with van der Waals surface area (Å²) in [5, 5.41) is 4.73. The summed E-state index contributed by atoms with van der Waals surface area (Å²) in [7, 11) is 0. The number of ether oxygens (including phenoxy) is 1. The van der Waals surface area contributed by atoms with E-state index in [0.29, 0.717) is 6.61 Å². The fourth-order valence-electron chi connectivity index (χ4n) is 2.72. The van der Waals surface area contributed by atoms with Gasteiger partial charge in [0.1, 0.15) is 18.0 Å². The Morgan fingerprint density at radius 3 is 3.20 bits per heavy atom. The van der Waals surface area contributed by atoms with E-state index in [1.807, 2.05) is 24.4 Å². The van der Waals surface area contributed by atoms with Crippen LogP contribution in [0.2, 0.25) is 0 Å². The number of nitrogens with one attached hydrogen (secondary N) is 2. The van der Waals surface area contributed by atoms with Crippen LogP contribution in [0, 0.1) is 0 Å². The first-order chi connectivity index (χ1) is 9.92. The molecule has 0 amide bonds. The molecule has 3 heterocycles. The normalized spacial score (nSPS) is 17.1. The number of fused-ring (bicyclic) bond motifs is 2. The van der Waals surface area contributed by atoms with Gasteiger partial charge < -0.3 is 15.0 Å². The van der Waals surface area contributed by atoms with Crippen molar-refractivity contribution < 1.29 is 4.74 Å². The Kier molecular flexibility index (Phi) is 2.67. The molecule has 1 aliphatic heterocycles. The van der Waals surface area contributed by atoms with Crippen LogP contribution in [-0.2, 0) is 6.54 Å². The Morgan fingerprint density at radius 1 is 1.25 bits per heavy atom. The molecule has 3 aromatic rings. The van der Waals surface area contributed by atoms with Crippen molar-refractivity contribution in [1.29, 1.82) is 0 Å². The van der Waals surface area contributed by atoms with Crippen molar-refractivity contribution in [2.24, 2.45) is 0 Å². The van der Waals surface area contributed by atoms with Gasteiger partial charge in [0.05, 0.1) is 6.04 Å². The average molecular weight is 265 g/mol. The number of aromatic nitrogens is 2. The Balaban J connectivity index is 1.54. The minimum atomic E-state index is 0.257. The second-order valence-corrected chi connectivity index (χ2v) is 5.00. The minimum Gasteiger partial charge on any atom is -0.491 e. The molecule has 0 radical (unpaired) electrons. The van der Waals surface area contributed by atoms with Gasteiger partial charge in [0.15, 0.2) is 0 Å². The lowest BCUT2D eigenvalue weighted by Crippen LogP contribution is -2.21. The lowest BCUT2D eigenvalue weighted by Gasteiger charge is -2.10. The lowest BCUT2D eigenvalue weighted by molar-refractivity contribution is 0.310. The molecule has 4 nitrogen and oxygen atoms in total. The molecule has 1 atom stereocenters. The second kappa shape index (κ2) is 4.65. The molecule has 0 saturated carbocycles. The quantitative estimate of drug-likeness (QED) is 0.765. The molecule has 100 valence electrons. The summed E-state index contributed by atoms with van der Waals surface area (Å²) in [6.07, 6.45) is 3.82. The number of pyridine rings is 1. The number of rotatable bonds is 3. The molecular formula is C16H15N3O. The number of aromatic amines is 1. The Bertz CT molecular complexity index is 750. The second-order valence-electron chi connectivity index (χ2n) is 5.00. The molecule has 4 heteroatoms. The Hall–Kier alpha value is -2.33. The predicted octanol–water partition coefficient (Wildman–Crippen LogP) is 2.79. The van der Waals surface area contributed by atoms with Crippen LogP contribution in [0.4, 0.5) is 0 Å². The number of H-pyrrole nitrogens is 1. The fourth-order valence-corrected chi connectivity index (χ4v) is 2.72. The molecule has 2 aromatic heterocycles. The van der Waals surface area contributed by atoms with E-state index >= 15 is 0 Å². The van der Waals surface area contributed by atoms with Crippen molar-refractivity contribution in [1.82, 2.24) is 15.3 Å². The van der Waals surface area contributed by atoms with Crippen LogP contribution in [-0.4, -0.2) is 16.6 Å². The van der Waals surface area contributed by atoms with Gasteiger partial charge in [0, 0.05) is 29.9 Å². The zero-order chi connectivity index (χ0) is 13.4. The van der Waals surface area contributed by atoms with E-state index in [4.69, 9.17) is 4.74 Å². The van der Waals surface area contributed by atoms with Crippen LogP contribution < -0.4 is 10.1 Å². The van der Waals surface area contributed by atoms with E-state index < -0.39 is 0 Å². The van der Waals surface area contributed by atoms with Gasteiger partial charge in [-0.25, -0.2) is 4.98 Å². The van der Waals surface area contributed by atoms with Crippen molar-refractivity contribution in [3.8, 4) is 5.75 Å². The van der Waals surface area contributed by atoms with Crippen molar-refractivity contribution in [3.05, 3.63) is 59.9 Å². The van der Waals surface area contributed by atoms with Gasteiger partial charge in [-0.15, -0.1) is 0 Å². The van der Waals surface area contributed by atoms with Crippen molar-refractivity contribution in [3.63, 3.8) is 0 Å². The summed E-state index contributed by atoms with van der Waals surface area (Å²) in [5.74, 6) is 0.991. The van der Waals surface area contributed by atoms with Crippen molar-refractivity contribution in [2.75, 3.05) is 6.61 Å². The number of benzene rings is 1. The molecule has 0 bridgehead atoms. The highest BCUT2D eigenvalue weighted by Crippen LogP contribution is 2.32. The molecule has 1 aromatic carbocycles. The van der Waals surface area contributed by atoms with Crippen LogP contribution in [0.15, 0.2) is 48.8 Å². The molecular weight excluding hydrogens is 250 g/mol. The highest BCUT2D eigenvalue weighted by molar-refractivity contribution is 5.79. The lowest BCUT2D eigenvalue weighted by atomic mass is 10.1. The molecule has 20 heavy (non-hydrogen) atoms. The summed E-state index contributed by atoms with van der Waals surface area (Å²) in [5.41, 5.74) is 3.41. The largest absolute Gasteiger partial charge is 0.491 e. The van der Waals surface area contributed by atoms with Crippen LogP contribution in [0.3, 0.4) is 0 Å². The van der Waals surface area contributed by atoms with E-state index in [9.17, 15) is 0 Å². The first kappa shape index (κ1) is 11.5. The van der Waals surface area contributed by atoms with E-state index in [2.05, 4.69) is 33.5 Å². The van der Waals surface area contributed by atoms with Gasteiger partial charge in [-0.3, -0.25) is 0 Å². The highest BCUT2D eigenvalue weighted by atomic mass is 16.5. The molecule has 0 fully saturated rings.